The first-order valence-electron chi connectivity index (χ1n) is 12.8. The van der Waals surface area contributed by atoms with Crippen molar-refractivity contribution in [2.45, 2.75) is 59.0 Å². The number of carbonyl (C=O) groups excluding carboxylic acids is 2. The fourth-order valence-corrected chi connectivity index (χ4v) is 4.96. The van der Waals surface area contributed by atoms with Gasteiger partial charge in [0, 0.05) is 25.2 Å². The molecule has 0 aromatic heterocycles. The third-order valence-corrected chi connectivity index (χ3v) is 6.80. The summed E-state index contributed by atoms with van der Waals surface area (Å²) in [5.74, 6) is -0.148. The lowest BCUT2D eigenvalue weighted by atomic mass is 10.0. The lowest BCUT2D eigenvalue weighted by Gasteiger charge is -2.25. The number of hydrogen-bond acceptors (Lipinski definition) is 6. The third kappa shape index (κ3) is 12.3. The van der Waals surface area contributed by atoms with E-state index in [1.807, 2.05) is 37.3 Å². The number of methoxy groups -OCH3 is 1. The summed E-state index contributed by atoms with van der Waals surface area (Å²) in [4.78, 5) is 26.5. The van der Waals surface area contributed by atoms with Crippen molar-refractivity contribution in [2.75, 3.05) is 30.8 Å². The number of aryl methyl sites for hydroxylation is 1. The molecule has 2 rings (SSSR count). The van der Waals surface area contributed by atoms with Crippen molar-refractivity contribution in [2.24, 2.45) is 5.92 Å². The molecule has 2 aromatic carbocycles. The van der Waals surface area contributed by atoms with Crippen molar-refractivity contribution >= 4 is 27.7 Å². The highest BCUT2D eigenvalue weighted by atomic mass is 32.2. The summed E-state index contributed by atoms with van der Waals surface area (Å²) in [5.41, 5.74) is 0.932. The van der Waals surface area contributed by atoms with E-state index in [-0.39, 0.29) is 18.2 Å². The van der Waals surface area contributed by atoms with E-state index >= 15 is 0 Å². The zero-order valence-electron chi connectivity index (χ0n) is 23.0. The van der Waals surface area contributed by atoms with Crippen LogP contribution in [0, 0.1) is 5.92 Å². The van der Waals surface area contributed by atoms with E-state index in [4.69, 9.17) is 9.47 Å². The van der Waals surface area contributed by atoms with Gasteiger partial charge in [0.15, 0.2) is 0 Å². The van der Waals surface area contributed by atoms with Gasteiger partial charge in [-0.25, -0.2) is 13.2 Å². The van der Waals surface area contributed by atoms with Gasteiger partial charge in [-0.1, -0.05) is 37.3 Å². The highest BCUT2D eigenvalue weighted by Gasteiger charge is 2.23. The van der Waals surface area contributed by atoms with Gasteiger partial charge in [0.05, 0.1) is 7.11 Å². The first-order valence-corrected chi connectivity index (χ1v) is 14.4. The maximum Gasteiger partial charge on any atom is 0.407 e. The lowest BCUT2D eigenvalue weighted by molar-refractivity contribution is -0.131. The molecule has 0 aliphatic carbocycles. The van der Waals surface area contributed by atoms with Gasteiger partial charge in [0.25, 0.3) is 10.0 Å². The van der Waals surface area contributed by atoms with Gasteiger partial charge in [-0.15, -0.1) is 0 Å². The van der Waals surface area contributed by atoms with E-state index in [1.165, 1.54) is 12.0 Å². The number of nitrogens with one attached hydrogen (secondary N) is 2. The summed E-state index contributed by atoms with van der Waals surface area (Å²) in [7, 11) is -2.30. The molecule has 0 fully saturated rings. The molecule has 210 valence electrons. The van der Waals surface area contributed by atoms with Gasteiger partial charge in [0.1, 0.15) is 17.2 Å². The Morgan fingerprint density at radius 2 is 1.68 bits per heavy atom. The Hall–Kier alpha value is -3.27. The summed E-state index contributed by atoms with van der Waals surface area (Å²) in [6, 6.07) is 16.4. The molecule has 2 N–H and O–H groups in total. The zero-order chi connectivity index (χ0) is 28.2. The Kier molecular flexibility index (Phi) is 11.9. The Morgan fingerprint density at radius 1 is 1.03 bits per heavy atom. The van der Waals surface area contributed by atoms with Crippen LogP contribution in [0.4, 0.5) is 10.5 Å². The second-order valence-electron chi connectivity index (χ2n) is 10.3. The van der Waals surface area contributed by atoms with Crippen molar-refractivity contribution in [1.82, 2.24) is 10.2 Å². The molecule has 0 spiro atoms. The molecule has 0 aliphatic heterocycles. The van der Waals surface area contributed by atoms with Crippen LogP contribution in [0.1, 0.15) is 52.5 Å². The van der Waals surface area contributed by atoms with Gasteiger partial charge < -0.3 is 19.7 Å². The van der Waals surface area contributed by atoms with Crippen molar-refractivity contribution < 1.29 is 27.5 Å². The first kappa shape index (κ1) is 31.0. The molecule has 1 unspecified atom stereocenters. The minimum atomic E-state index is -3.83. The van der Waals surface area contributed by atoms with Crippen LogP contribution in [0.2, 0.25) is 0 Å². The topological polar surface area (TPSA) is 114 Å². The number of ether oxygens (including phenoxy) is 2. The first-order chi connectivity index (χ1) is 17.9. The summed E-state index contributed by atoms with van der Waals surface area (Å²) in [5, 5.41) is 2.70. The number of nitrogens with zero attached hydrogens (tertiary/aromatic N) is 1. The zero-order valence-corrected chi connectivity index (χ0v) is 23.8. The van der Waals surface area contributed by atoms with Gasteiger partial charge in [-0.05, 0) is 75.8 Å². The van der Waals surface area contributed by atoms with Crippen molar-refractivity contribution in [3.8, 4) is 5.75 Å². The minimum Gasteiger partial charge on any atom is -0.497 e. The molecule has 0 bridgehead atoms. The van der Waals surface area contributed by atoms with E-state index < -0.39 is 27.6 Å². The highest BCUT2D eigenvalue weighted by molar-refractivity contribution is 7.92. The molecule has 2 amide bonds. The summed E-state index contributed by atoms with van der Waals surface area (Å²) in [6.07, 6.45) is 1.57. The Labute approximate surface area is 226 Å². The van der Waals surface area contributed by atoms with Crippen molar-refractivity contribution in [3.05, 3.63) is 60.2 Å². The molecule has 10 heteroatoms. The fraction of sp³-hybridized carbons (Fsp3) is 0.500. The quantitative estimate of drug-likeness (QED) is 0.351. The molecule has 2 aromatic rings. The van der Waals surface area contributed by atoms with Crippen LogP contribution >= 0.6 is 0 Å². The van der Waals surface area contributed by atoms with Gasteiger partial charge in [-0.3, -0.25) is 9.52 Å². The van der Waals surface area contributed by atoms with Crippen molar-refractivity contribution in [1.29, 1.82) is 0 Å². The second kappa shape index (κ2) is 14.6. The van der Waals surface area contributed by atoms with Crippen molar-refractivity contribution in [3.63, 3.8) is 0 Å². The standard InChI is InChI=1S/C28H41N3O6S/c1-22(17-18-29-27(33)37-28(2,3)4)20-26(32)31(19-9-12-23-10-7-6-8-11-23)21-38(34,35)30-24-13-15-25(36-5)16-14-24/h6-8,10-11,13-16,22,30H,9,12,17-21H2,1-5H3,(H,29,33). The predicted octanol–water partition coefficient (Wildman–Crippen LogP) is 4.80. The summed E-state index contributed by atoms with van der Waals surface area (Å²) < 4.78 is 38.8. The minimum absolute atomic E-state index is 0.0636. The largest absolute Gasteiger partial charge is 0.497 e. The molecule has 38 heavy (non-hydrogen) atoms. The molecule has 0 radical (unpaired) electrons. The highest BCUT2D eigenvalue weighted by Crippen LogP contribution is 2.18. The number of alkyl carbamates (subject to hydrolysis) is 1. The average molecular weight is 548 g/mol. The second-order valence-corrected chi connectivity index (χ2v) is 12.0. The van der Waals surface area contributed by atoms with Crippen LogP contribution in [0.3, 0.4) is 0 Å². The molecular formula is C28H41N3O6S. The number of hydrogen-bond donors (Lipinski definition) is 2. The van der Waals surface area contributed by atoms with Crippen LogP contribution < -0.4 is 14.8 Å². The Balaban J connectivity index is 1.98. The van der Waals surface area contributed by atoms with Crippen LogP contribution in [0.25, 0.3) is 0 Å². The average Bonchev–Trinajstić information content (AvgIpc) is 2.83. The SMILES string of the molecule is COc1ccc(NS(=O)(=O)CN(CCCc2ccccc2)C(=O)CC(C)CCNC(=O)OC(C)(C)C)cc1. The van der Waals surface area contributed by atoms with Crippen LogP contribution in [0.5, 0.6) is 5.75 Å². The summed E-state index contributed by atoms with van der Waals surface area (Å²) in [6.45, 7) is 7.93. The number of amides is 2. The number of benzene rings is 2. The van der Waals surface area contributed by atoms with Gasteiger partial charge in [0.2, 0.25) is 5.91 Å². The van der Waals surface area contributed by atoms with Gasteiger partial charge in [-0.2, -0.15) is 0 Å². The van der Waals surface area contributed by atoms with E-state index in [0.29, 0.717) is 37.4 Å². The number of rotatable bonds is 14. The Bertz CT molecular complexity index is 1120. The summed E-state index contributed by atoms with van der Waals surface area (Å²) >= 11 is 0. The fourth-order valence-electron chi connectivity index (χ4n) is 3.72. The number of carbonyl (C=O) groups is 2. The maximum atomic E-state index is 13.2. The van der Waals surface area contributed by atoms with Crippen LogP contribution in [0.15, 0.2) is 54.6 Å². The van der Waals surface area contributed by atoms with Gasteiger partial charge >= 0.3 is 6.09 Å². The smallest absolute Gasteiger partial charge is 0.407 e. The van der Waals surface area contributed by atoms with E-state index in [2.05, 4.69) is 10.0 Å². The third-order valence-electron chi connectivity index (χ3n) is 5.61. The molecule has 0 aliphatic rings. The lowest BCUT2D eigenvalue weighted by Crippen LogP contribution is -2.39. The van der Waals surface area contributed by atoms with E-state index in [1.54, 1.807) is 45.0 Å². The number of anilines is 1. The van der Waals surface area contributed by atoms with E-state index in [9.17, 15) is 18.0 Å². The monoisotopic (exact) mass is 547 g/mol. The molecule has 9 nitrogen and oxygen atoms in total. The molecular weight excluding hydrogens is 506 g/mol. The number of sulfonamides is 1. The normalized spacial score (nSPS) is 12.3. The molecule has 1 atom stereocenters. The van der Waals surface area contributed by atoms with Crippen LogP contribution in [-0.4, -0.2) is 57.0 Å². The molecule has 0 heterocycles. The molecule has 0 saturated carbocycles. The Morgan fingerprint density at radius 3 is 2.29 bits per heavy atom. The maximum absolute atomic E-state index is 13.2. The van der Waals surface area contributed by atoms with E-state index in [0.717, 1.165) is 12.0 Å². The van der Waals surface area contributed by atoms with Crippen LogP contribution in [-0.2, 0) is 26.0 Å². The predicted molar refractivity (Wildman–Crippen MR) is 150 cm³/mol. The molecule has 0 saturated heterocycles.